The van der Waals surface area contributed by atoms with Crippen LogP contribution in [0.1, 0.15) is 29.6 Å². The third kappa shape index (κ3) is 6.32. The predicted molar refractivity (Wildman–Crippen MR) is 135 cm³/mol. The number of thioether (sulfide) groups is 1. The van der Waals surface area contributed by atoms with Crippen molar-refractivity contribution in [3.05, 3.63) is 60.2 Å². The summed E-state index contributed by atoms with van der Waals surface area (Å²) in [6, 6.07) is 17.6. The van der Waals surface area contributed by atoms with E-state index in [0.717, 1.165) is 43.9 Å². The van der Waals surface area contributed by atoms with Crippen molar-refractivity contribution in [1.29, 1.82) is 0 Å². The largest absolute Gasteiger partial charge is 0.368 e. The van der Waals surface area contributed by atoms with Gasteiger partial charge in [-0.05, 0) is 37.1 Å². The average Bonchev–Trinajstić information content (AvgIpc) is 3.43. The number of amides is 3. The van der Waals surface area contributed by atoms with Crippen molar-refractivity contribution in [1.82, 2.24) is 15.1 Å². The summed E-state index contributed by atoms with van der Waals surface area (Å²) in [5.74, 6) is 0.304. The van der Waals surface area contributed by atoms with E-state index < -0.39 is 0 Å². The molecule has 180 valence electrons. The molecule has 1 N–H and O–H groups in total. The van der Waals surface area contributed by atoms with Crippen LogP contribution in [-0.2, 0) is 9.59 Å². The molecule has 2 aromatic carbocycles. The maximum atomic E-state index is 12.8. The van der Waals surface area contributed by atoms with Gasteiger partial charge in [0.15, 0.2) is 0 Å². The molecule has 0 radical (unpaired) electrons. The maximum absolute atomic E-state index is 12.8. The Morgan fingerprint density at radius 3 is 2.15 bits per heavy atom. The number of rotatable bonds is 8. The van der Waals surface area contributed by atoms with E-state index in [2.05, 4.69) is 22.3 Å². The number of hydrogen-bond donors (Lipinski definition) is 1. The molecule has 0 atom stereocenters. The molecule has 2 fully saturated rings. The molecule has 2 aliphatic rings. The predicted octanol–water partition coefficient (Wildman–Crippen LogP) is 2.87. The van der Waals surface area contributed by atoms with Crippen LogP contribution in [0.4, 0.5) is 5.69 Å². The fourth-order valence-corrected chi connectivity index (χ4v) is 5.32. The van der Waals surface area contributed by atoms with Crippen LogP contribution in [0.15, 0.2) is 59.5 Å². The zero-order valence-corrected chi connectivity index (χ0v) is 20.3. The van der Waals surface area contributed by atoms with Crippen LogP contribution >= 0.6 is 11.8 Å². The summed E-state index contributed by atoms with van der Waals surface area (Å²) in [6.45, 7) is 4.94. The summed E-state index contributed by atoms with van der Waals surface area (Å²) in [5, 5.41) is 2.88. The highest BCUT2D eigenvalue weighted by Gasteiger charge is 2.22. The first kappa shape index (κ1) is 24.1. The van der Waals surface area contributed by atoms with E-state index in [-0.39, 0.29) is 24.1 Å². The molecule has 2 aromatic rings. The molecule has 7 nitrogen and oxygen atoms in total. The average molecular weight is 481 g/mol. The fourth-order valence-electron chi connectivity index (χ4n) is 4.37. The van der Waals surface area contributed by atoms with Crippen LogP contribution in [0, 0.1) is 0 Å². The minimum absolute atomic E-state index is 0.0619. The summed E-state index contributed by atoms with van der Waals surface area (Å²) in [6.07, 6.45) is 2.41. The second-order valence-electron chi connectivity index (χ2n) is 8.58. The summed E-state index contributed by atoms with van der Waals surface area (Å²) in [4.78, 5) is 44.6. The van der Waals surface area contributed by atoms with Gasteiger partial charge in [-0.1, -0.05) is 30.3 Å². The van der Waals surface area contributed by atoms with Crippen molar-refractivity contribution in [3.63, 3.8) is 0 Å². The third-order valence-electron chi connectivity index (χ3n) is 6.32. The van der Waals surface area contributed by atoms with E-state index >= 15 is 0 Å². The summed E-state index contributed by atoms with van der Waals surface area (Å²) in [5.41, 5.74) is 1.73. The van der Waals surface area contributed by atoms with Gasteiger partial charge in [0.1, 0.15) is 0 Å². The molecule has 34 heavy (non-hydrogen) atoms. The summed E-state index contributed by atoms with van der Waals surface area (Å²) < 4.78 is 0. The van der Waals surface area contributed by atoms with Crippen molar-refractivity contribution in [2.75, 3.05) is 56.5 Å². The lowest BCUT2D eigenvalue weighted by atomic mass is 10.2. The van der Waals surface area contributed by atoms with Gasteiger partial charge in [-0.2, -0.15) is 0 Å². The number of likely N-dealkylation sites (tertiary alicyclic amines) is 1. The van der Waals surface area contributed by atoms with E-state index in [1.807, 2.05) is 46.2 Å². The lowest BCUT2D eigenvalue weighted by molar-refractivity contribution is -0.131. The lowest BCUT2D eigenvalue weighted by Gasteiger charge is -2.36. The van der Waals surface area contributed by atoms with Crippen LogP contribution < -0.4 is 10.2 Å². The molecule has 4 rings (SSSR count). The van der Waals surface area contributed by atoms with Crippen LogP contribution in [0.3, 0.4) is 0 Å². The Morgan fingerprint density at radius 2 is 1.41 bits per heavy atom. The molecule has 2 aliphatic heterocycles. The van der Waals surface area contributed by atoms with Gasteiger partial charge in [-0.25, -0.2) is 0 Å². The molecule has 0 unspecified atom stereocenters. The first-order valence-corrected chi connectivity index (χ1v) is 13.0. The van der Waals surface area contributed by atoms with Gasteiger partial charge in [-0.3, -0.25) is 14.4 Å². The number of carbonyl (C=O) groups excluding carboxylic acids is 3. The monoisotopic (exact) mass is 480 g/mol. The number of benzene rings is 2. The number of piperazine rings is 1. The Balaban J connectivity index is 1.21. The molecule has 0 bridgehead atoms. The van der Waals surface area contributed by atoms with Crippen LogP contribution in [0.25, 0.3) is 0 Å². The molecule has 0 aromatic heterocycles. The van der Waals surface area contributed by atoms with Gasteiger partial charge in [0.05, 0.1) is 11.3 Å². The van der Waals surface area contributed by atoms with Gasteiger partial charge in [0.25, 0.3) is 5.91 Å². The topological polar surface area (TPSA) is 73.0 Å². The zero-order valence-electron chi connectivity index (χ0n) is 19.4. The summed E-state index contributed by atoms with van der Waals surface area (Å²) >= 11 is 1.40. The van der Waals surface area contributed by atoms with Crippen molar-refractivity contribution in [2.45, 2.75) is 24.2 Å². The Kier molecular flexibility index (Phi) is 8.46. The van der Waals surface area contributed by atoms with Crippen molar-refractivity contribution in [3.8, 4) is 0 Å². The quantitative estimate of drug-likeness (QED) is 0.589. The van der Waals surface area contributed by atoms with Crippen LogP contribution in [-0.4, -0.2) is 79.1 Å². The third-order valence-corrected chi connectivity index (χ3v) is 7.38. The molecule has 0 spiro atoms. The fraction of sp³-hybridized carbons (Fsp3) is 0.423. The first-order valence-electron chi connectivity index (χ1n) is 12.0. The van der Waals surface area contributed by atoms with Gasteiger partial charge < -0.3 is 20.0 Å². The van der Waals surface area contributed by atoms with Crippen LogP contribution in [0.5, 0.6) is 0 Å². The highest BCUT2D eigenvalue weighted by atomic mass is 32.2. The molecule has 8 heteroatoms. The molecule has 0 saturated carbocycles. The van der Waals surface area contributed by atoms with Gasteiger partial charge in [0.2, 0.25) is 11.8 Å². The number of para-hydroxylation sites is 1. The maximum Gasteiger partial charge on any atom is 0.252 e. The normalized spacial score (nSPS) is 15.9. The van der Waals surface area contributed by atoms with E-state index in [1.165, 1.54) is 17.4 Å². The van der Waals surface area contributed by atoms with E-state index in [1.54, 1.807) is 6.07 Å². The minimum atomic E-state index is -0.210. The smallest absolute Gasteiger partial charge is 0.252 e. The number of anilines is 1. The van der Waals surface area contributed by atoms with Crippen molar-refractivity contribution in [2.24, 2.45) is 0 Å². The molecule has 2 saturated heterocycles. The summed E-state index contributed by atoms with van der Waals surface area (Å²) in [7, 11) is 0. The molecular weight excluding hydrogens is 448 g/mol. The number of nitrogens with zero attached hydrogens (tertiary/aromatic N) is 3. The standard InChI is InChI=1S/C26H32N4O3S/c31-24(30-18-16-28(17-19-30)21-8-2-1-3-9-21)12-13-27-26(33)22-10-4-5-11-23(22)34-20-25(32)29-14-6-7-15-29/h1-5,8-11H,6-7,12-20H2,(H,27,33). The van der Waals surface area contributed by atoms with E-state index in [4.69, 9.17) is 0 Å². The molecular formula is C26H32N4O3S. The number of nitrogens with one attached hydrogen (secondary N) is 1. The highest BCUT2D eigenvalue weighted by molar-refractivity contribution is 8.00. The van der Waals surface area contributed by atoms with Gasteiger partial charge in [-0.15, -0.1) is 11.8 Å². The van der Waals surface area contributed by atoms with E-state index in [9.17, 15) is 14.4 Å². The zero-order chi connectivity index (χ0) is 23.8. The second-order valence-corrected chi connectivity index (χ2v) is 9.60. The Bertz CT molecular complexity index is 987. The number of hydrogen-bond acceptors (Lipinski definition) is 5. The second kappa shape index (κ2) is 11.9. The van der Waals surface area contributed by atoms with E-state index in [0.29, 0.717) is 31.0 Å². The molecule has 0 aliphatic carbocycles. The first-order chi connectivity index (χ1) is 16.6. The van der Waals surface area contributed by atoms with Crippen molar-refractivity contribution < 1.29 is 14.4 Å². The molecule has 2 heterocycles. The Morgan fingerprint density at radius 1 is 0.765 bits per heavy atom. The minimum Gasteiger partial charge on any atom is -0.368 e. The van der Waals surface area contributed by atoms with Gasteiger partial charge >= 0.3 is 0 Å². The van der Waals surface area contributed by atoms with Crippen LogP contribution in [0.2, 0.25) is 0 Å². The Labute approximate surface area is 205 Å². The van der Waals surface area contributed by atoms with Crippen molar-refractivity contribution >= 4 is 35.2 Å². The Hall–Kier alpha value is -3.00. The highest BCUT2D eigenvalue weighted by Crippen LogP contribution is 2.24. The number of carbonyl (C=O) groups is 3. The lowest BCUT2D eigenvalue weighted by Crippen LogP contribution is -2.49. The SMILES string of the molecule is O=C(NCCC(=O)N1CCN(c2ccccc2)CC1)c1ccccc1SCC(=O)N1CCCC1. The van der Waals surface area contributed by atoms with Gasteiger partial charge in [0, 0.05) is 62.8 Å². The molecule has 3 amide bonds.